The van der Waals surface area contributed by atoms with Crippen LogP contribution in [0.3, 0.4) is 0 Å². The summed E-state index contributed by atoms with van der Waals surface area (Å²) in [4.78, 5) is 23.9. The van der Waals surface area contributed by atoms with Gasteiger partial charge in [-0.2, -0.15) is 0 Å². The van der Waals surface area contributed by atoms with Gasteiger partial charge in [-0.05, 0) is 63.1 Å². The molecule has 1 atom stereocenters. The van der Waals surface area contributed by atoms with E-state index in [-0.39, 0.29) is 11.7 Å². The molecule has 4 heteroatoms. The quantitative estimate of drug-likeness (QED) is 0.852. The van der Waals surface area contributed by atoms with Gasteiger partial charge in [0.2, 0.25) is 0 Å². The fraction of sp³-hybridized carbons (Fsp3) is 0.263. The van der Waals surface area contributed by atoms with E-state index in [4.69, 9.17) is 4.74 Å². The van der Waals surface area contributed by atoms with Crippen molar-refractivity contribution in [3.05, 3.63) is 59.2 Å². The van der Waals surface area contributed by atoms with Crippen LogP contribution in [0.4, 0.5) is 5.69 Å². The highest BCUT2D eigenvalue weighted by molar-refractivity contribution is 6.04. The van der Waals surface area contributed by atoms with E-state index in [0.717, 1.165) is 5.56 Å². The van der Waals surface area contributed by atoms with Gasteiger partial charge in [-0.1, -0.05) is 18.2 Å². The SMILES string of the molecule is CC(=O)c1ccccc1NC(=O)C(C)Oc1ccc(C)c(C)c1. The Hall–Kier alpha value is -2.62. The second kappa shape index (κ2) is 7.09. The Kier molecular flexibility index (Phi) is 5.16. The van der Waals surface area contributed by atoms with Crippen LogP contribution in [0.15, 0.2) is 42.5 Å². The summed E-state index contributed by atoms with van der Waals surface area (Å²) in [5.74, 6) is 0.260. The first-order valence-electron chi connectivity index (χ1n) is 7.53. The Morgan fingerprint density at radius 2 is 1.74 bits per heavy atom. The molecule has 4 nitrogen and oxygen atoms in total. The van der Waals surface area contributed by atoms with Crippen molar-refractivity contribution in [3.63, 3.8) is 0 Å². The van der Waals surface area contributed by atoms with Gasteiger partial charge in [0.1, 0.15) is 5.75 Å². The van der Waals surface area contributed by atoms with Crippen molar-refractivity contribution in [2.75, 3.05) is 5.32 Å². The Bertz CT molecular complexity index is 737. The molecule has 1 amide bonds. The standard InChI is InChI=1S/C19H21NO3/c1-12-9-10-16(11-13(12)2)23-15(4)19(22)20-18-8-6-5-7-17(18)14(3)21/h5-11,15H,1-4H3,(H,20,22). The Morgan fingerprint density at radius 3 is 2.39 bits per heavy atom. The molecule has 0 aliphatic heterocycles. The van der Waals surface area contributed by atoms with Gasteiger partial charge in [0.25, 0.3) is 5.91 Å². The van der Waals surface area contributed by atoms with E-state index in [9.17, 15) is 9.59 Å². The van der Waals surface area contributed by atoms with Gasteiger partial charge in [-0.3, -0.25) is 9.59 Å². The maximum absolute atomic E-state index is 12.3. The van der Waals surface area contributed by atoms with Gasteiger partial charge in [0.05, 0.1) is 5.69 Å². The summed E-state index contributed by atoms with van der Waals surface area (Å²) < 4.78 is 5.69. The van der Waals surface area contributed by atoms with E-state index in [0.29, 0.717) is 17.0 Å². The predicted molar refractivity (Wildman–Crippen MR) is 91.1 cm³/mol. The van der Waals surface area contributed by atoms with E-state index in [2.05, 4.69) is 5.32 Å². The molecular weight excluding hydrogens is 290 g/mol. The molecule has 0 saturated heterocycles. The summed E-state index contributed by atoms with van der Waals surface area (Å²) in [6, 6.07) is 12.6. The number of benzene rings is 2. The van der Waals surface area contributed by atoms with E-state index in [1.54, 1.807) is 31.2 Å². The molecule has 1 unspecified atom stereocenters. The van der Waals surface area contributed by atoms with Crippen molar-refractivity contribution in [2.45, 2.75) is 33.8 Å². The molecule has 1 N–H and O–H groups in total. The average Bonchev–Trinajstić information content (AvgIpc) is 2.51. The third kappa shape index (κ3) is 4.19. The fourth-order valence-electron chi connectivity index (χ4n) is 2.18. The van der Waals surface area contributed by atoms with Gasteiger partial charge in [0, 0.05) is 5.56 Å². The number of Topliss-reactive ketones (excluding diaryl/α,β-unsaturated/α-hetero) is 1. The zero-order valence-electron chi connectivity index (χ0n) is 13.8. The number of rotatable bonds is 5. The number of nitrogens with one attached hydrogen (secondary N) is 1. The molecule has 0 aromatic heterocycles. The number of hydrogen-bond donors (Lipinski definition) is 1. The first kappa shape index (κ1) is 16.7. The highest BCUT2D eigenvalue weighted by Crippen LogP contribution is 2.19. The summed E-state index contributed by atoms with van der Waals surface area (Å²) >= 11 is 0. The maximum Gasteiger partial charge on any atom is 0.265 e. The first-order chi connectivity index (χ1) is 10.9. The van der Waals surface area contributed by atoms with Crippen LogP contribution >= 0.6 is 0 Å². The van der Waals surface area contributed by atoms with Crippen LogP contribution < -0.4 is 10.1 Å². The molecule has 0 aliphatic rings. The smallest absolute Gasteiger partial charge is 0.265 e. The molecule has 0 aliphatic carbocycles. The van der Waals surface area contributed by atoms with Crippen molar-refractivity contribution in [1.82, 2.24) is 0 Å². The lowest BCUT2D eigenvalue weighted by molar-refractivity contribution is -0.122. The number of ether oxygens (including phenoxy) is 1. The molecule has 0 spiro atoms. The predicted octanol–water partition coefficient (Wildman–Crippen LogP) is 3.91. The van der Waals surface area contributed by atoms with Gasteiger partial charge in [0.15, 0.2) is 11.9 Å². The second-order valence-electron chi connectivity index (χ2n) is 5.60. The Balaban J connectivity index is 2.08. The molecule has 2 rings (SSSR count). The van der Waals surface area contributed by atoms with E-state index >= 15 is 0 Å². The Labute approximate surface area is 136 Å². The summed E-state index contributed by atoms with van der Waals surface area (Å²) in [7, 11) is 0. The average molecular weight is 311 g/mol. The zero-order chi connectivity index (χ0) is 17.0. The van der Waals surface area contributed by atoms with Crippen LogP contribution in [0.25, 0.3) is 0 Å². The molecule has 2 aromatic rings. The van der Waals surface area contributed by atoms with Crippen LogP contribution in [0.1, 0.15) is 35.3 Å². The topological polar surface area (TPSA) is 55.4 Å². The third-order valence-electron chi connectivity index (χ3n) is 3.72. The molecule has 0 bridgehead atoms. The monoisotopic (exact) mass is 311 g/mol. The second-order valence-corrected chi connectivity index (χ2v) is 5.60. The van der Waals surface area contributed by atoms with E-state index in [1.807, 2.05) is 32.0 Å². The number of carbonyl (C=O) groups excluding carboxylic acids is 2. The number of aryl methyl sites for hydroxylation is 2. The molecule has 23 heavy (non-hydrogen) atoms. The number of anilines is 1. The molecule has 120 valence electrons. The fourth-order valence-corrected chi connectivity index (χ4v) is 2.18. The van der Waals surface area contributed by atoms with Crippen molar-refractivity contribution >= 4 is 17.4 Å². The molecule has 0 heterocycles. The third-order valence-corrected chi connectivity index (χ3v) is 3.72. The van der Waals surface area contributed by atoms with Crippen molar-refractivity contribution < 1.29 is 14.3 Å². The van der Waals surface area contributed by atoms with Crippen LogP contribution in [-0.2, 0) is 4.79 Å². The van der Waals surface area contributed by atoms with Gasteiger partial charge < -0.3 is 10.1 Å². The number of para-hydroxylation sites is 1. The molecule has 2 aromatic carbocycles. The largest absolute Gasteiger partial charge is 0.481 e. The summed E-state index contributed by atoms with van der Waals surface area (Å²) in [5.41, 5.74) is 3.27. The van der Waals surface area contributed by atoms with Gasteiger partial charge in [-0.15, -0.1) is 0 Å². The summed E-state index contributed by atoms with van der Waals surface area (Å²) in [6.45, 7) is 7.17. The number of ketones is 1. The highest BCUT2D eigenvalue weighted by Gasteiger charge is 2.17. The molecule has 0 fully saturated rings. The lowest BCUT2D eigenvalue weighted by Gasteiger charge is -2.16. The Morgan fingerprint density at radius 1 is 1.04 bits per heavy atom. The number of carbonyl (C=O) groups is 2. The first-order valence-corrected chi connectivity index (χ1v) is 7.53. The van der Waals surface area contributed by atoms with Crippen molar-refractivity contribution in [3.8, 4) is 5.75 Å². The van der Waals surface area contributed by atoms with Crippen molar-refractivity contribution in [1.29, 1.82) is 0 Å². The molecular formula is C19H21NO3. The van der Waals surface area contributed by atoms with Gasteiger partial charge >= 0.3 is 0 Å². The minimum absolute atomic E-state index is 0.0939. The normalized spacial score (nSPS) is 11.7. The van der Waals surface area contributed by atoms with E-state index < -0.39 is 6.10 Å². The highest BCUT2D eigenvalue weighted by atomic mass is 16.5. The number of hydrogen-bond acceptors (Lipinski definition) is 3. The lowest BCUT2D eigenvalue weighted by Crippen LogP contribution is -2.30. The van der Waals surface area contributed by atoms with Crippen LogP contribution in [0.5, 0.6) is 5.75 Å². The van der Waals surface area contributed by atoms with Crippen LogP contribution in [0.2, 0.25) is 0 Å². The van der Waals surface area contributed by atoms with E-state index in [1.165, 1.54) is 12.5 Å². The summed E-state index contributed by atoms with van der Waals surface area (Å²) in [6.07, 6.45) is -0.669. The van der Waals surface area contributed by atoms with Crippen LogP contribution in [-0.4, -0.2) is 17.8 Å². The summed E-state index contributed by atoms with van der Waals surface area (Å²) in [5, 5.41) is 2.75. The molecule has 0 radical (unpaired) electrons. The maximum atomic E-state index is 12.3. The minimum Gasteiger partial charge on any atom is -0.481 e. The van der Waals surface area contributed by atoms with Crippen LogP contribution in [0, 0.1) is 13.8 Å². The van der Waals surface area contributed by atoms with Crippen molar-refractivity contribution in [2.24, 2.45) is 0 Å². The number of amides is 1. The molecule has 0 saturated carbocycles. The minimum atomic E-state index is -0.669. The van der Waals surface area contributed by atoms with Gasteiger partial charge in [-0.25, -0.2) is 0 Å². The lowest BCUT2D eigenvalue weighted by atomic mass is 10.1. The zero-order valence-corrected chi connectivity index (χ0v) is 13.8.